The highest BCUT2D eigenvalue weighted by Crippen LogP contribution is 2.30. The van der Waals surface area contributed by atoms with E-state index >= 15 is 0 Å². The Kier molecular flexibility index (Phi) is 5.39. The quantitative estimate of drug-likeness (QED) is 0.759. The fraction of sp³-hybridized carbons (Fsp3) is 0.273. The van der Waals surface area contributed by atoms with Crippen LogP contribution in [0.25, 0.3) is 11.4 Å². The van der Waals surface area contributed by atoms with Gasteiger partial charge in [-0.2, -0.15) is 0 Å². The second-order valence-corrected chi connectivity index (χ2v) is 6.98. The number of aliphatic hydroxyl groups is 1. The van der Waals surface area contributed by atoms with E-state index in [0.717, 1.165) is 18.4 Å². The molecule has 0 saturated carbocycles. The fourth-order valence-electron chi connectivity index (χ4n) is 3.63. The van der Waals surface area contributed by atoms with Crippen molar-refractivity contribution in [3.8, 4) is 11.4 Å². The molecule has 1 atom stereocenters. The van der Waals surface area contributed by atoms with E-state index in [-0.39, 0.29) is 11.8 Å². The van der Waals surface area contributed by atoms with E-state index in [1.54, 1.807) is 24.7 Å². The van der Waals surface area contributed by atoms with Gasteiger partial charge in [-0.25, -0.2) is 9.97 Å². The summed E-state index contributed by atoms with van der Waals surface area (Å²) >= 11 is 0. The third kappa shape index (κ3) is 3.92. The average molecular weight is 374 g/mol. The van der Waals surface area contributed by atoms with Crippen molar-refractivity contribution in [3.63, 3.8) is 0 Å². The minimum Gasteiger partial charge on any atom is -0.387 e. The van der Waals surface area contributed by atoms with Gasteiger partial charge in [-0.15, -0.1) is 0 Å². The maximum Gasteiger partial charge on any atom is 0.253 e. The summed E-state index contributed by atoms with van der Waals surface area (Å²) in [6, 6.07) is 14.8. The normalized spacial score (nSPS) is 16.0. The number of amides is 1. The molecule has 2 aromatic heterocycles. The summed E-state index contributed by atoms with van der Waals surface area (Å²) in [7, 11) is 0. The summed E-state index contributed by atoms with van der Waals surface area (Å²) in [4.78, 5) is 27.5. The summed E-state index contributed by atoms with van der Waals surface area (Å²) < 4.78 is 0. The van der Waals surface area contributed by atoms with Gasteiger partial charge in [-0.05, 0) is 49.1 Å². The van der Waals surface area contributed by atoms with Crippen LogP contribution < -0.4 is 0 Å². The van der Waals surface area contributed by atoms with Crippen molar-refractivity contribution in [2.24, 2.45) is 5.92 Å². The van der Waals surface area contributed by atoms with Gasteiger partial charge < -0.3 is 10.0 Å². The Morgan fingerprint density at radius 3 is 2.43 bits per heavy atom. The predicted octanol–water partition coefficient (Wildman–Crippen LogP) is 3.12. The van der Waals surface area contributed by atoms with E-state index in [2.05, 4.69) is 15.0 Å². The van der Waals surface area contributed by atoms with Crippen LogP contribution >= 0.6 is 0 Å². The minimum atomic E-state index is -0.586. The molecule has 1 aromatic carbocycles. The average Bonchev–Trinajstić information content (AvgIpc) is 2.79. The molecule has 6 nitrogen and oxygen atoms in total. The maximum atomic E-state index is 12.9. The molecule has 0 bridgehead atoms. The lowest BCUT2D eigenvalue weighted by Crippen LogP contribution is -2.39. The first-order valence-electron chi connectivity index (χ1n) is 9.48. The van der Waals surface area contributed by atoms with Gasteiger partial charge in [0.1, 0.15) is 0 Å². The number of carbonyl (C=O) groups excluding carboxylic acids is 1. The lowest BCUT2D eigenvalue weighted by Gasteiger charge is -2.34. The zero-order valence-corrected chi connectivity index (χ0v) is 15.5. The van der Waals surface area contributed by atoms with Gasteiger partial charge >= 0.3 is 0 Å². The zero-order valence-electron chi connectivity index (χ0n) is 15.5. The molecular formula is C22H22N4O2. The van der Waals surface area contributed by atoms with Crippen LogP contribution in [-0.4, -0.2) is 44.0 Å². The molecule has 1 N–H and O–H groups in total. The minimum absolute atomic E-state index is 0.00329. The second-order valence-electron chi connectivity index (χ2n) is 6.98. The number of aromatic nitrogens is 3. The SMILES string of the molecule is O=C(c1cccc(-c2ncccn2)c1)N1CCC(C(O)c2ccccn2)CC1. The van der Waals surface area contributed by atoms with Crippen molar-refractivity contribution >= 4 is 5.91 Å². The van der Waals surface area contributed by atoms with Crippen LogP contribution in [0.1, 0.15) is 35.0 Å². The molecule has 1 aliphatic heterocycles. The van der Waals surface area contributed by atoms with E-state index in [9.17, 15) is 9.90 Å². The molecule has 3 aromatic rings. The van der Waals surface area contributed by atoms with E-state index in [4.69, 9.17) is 0 Å². The number of benzene rings is 1. The molecule has 142 valence electrons. The number of likely N-dealkylation sites (tertiary alicyclic amines) is 1. The molecular weight excluding hydrogens is 352 g/mol. The molecule has 6 heteroatoms. The number of piperidine rings is 1. The number of nitrogens with zero attached hydrogens (tertiary/aromatic N) is 4. The second kappa shape index (κ2) is 8.27. The van der Waals surface area contributed by atoms with Crippen LogP contribution in [0.5, 0.6) is 0 Å². The highest BCUT2D eigenvalue weighted by Gasteiger charge is 2.29. The van der Waals surface area contributed by atoms with E-state index in [0.29, 0.717) is 30.2 Å². The number of rotatable bonds is 4. The Morgan fingerprint density at radius 1 is 0.964 bits per heavy atom. The van der Waals surface area contributed by atoms with Gasteiger partial charge in [-0.1, -0.05) is 18.2 Å². The molecule has 1 aliphatic rings. The van der Waals surface area contributed by atoms with Gasteiger partial charge in [0, 0.05) is 42.8 Å². The third-order valence-electron chi connectivity index (χ3n) is 5.20. The van der Waals surface area contributed by atoms with E-state index in [1.807, 2.05) is 47.4 Å². The molecule has 1 unspecified atom stereocenters. The predicted molar refractivity (Wildman–Crippen MR) is 105 cm³/mol. The smallest absolute Gasteiger partial charge is 0.253 e. The topological polar surface area (TPSA) is 79.2 Å². The summed E-state index contributed by atoms with van der Waals surface area (Å²) in [5, 5.41) is 10.6. The van der Waals surface area contributed by atoms with E-state index in [1.165, 1.54) is 0 Å². The summed E-state index contributed by atoms with van der Waals surface area (Å²) in [6.07, 6.45) is 6.00. The highest BCUT2D eigenvalue weighted by molar-refractivity contribution is 5.95. The van der Waals surface area contributed by atoms with Gasteiger partial charge in [-0.3, -0.25) is 9.78 Å². The number of hydrogen-bond acceptors (Lipinski definition) is 5. The Balaban J connectivity index is 1.42. The van der Waals surface area contributed by atoms with Crippen molar-refractivity contribution in [2.45, 2.75) is 18.9 Å². The molecule has 3 heterocycles. The Labute approximate surface area is 163 Å². The molecule has 1 saturated heterocycles. The lowest BCUT2D eigenvalue weighted by molar-refractivity contribution is 0.0447. The van der Waals surface area contributed by atoms with Gasteiger partial charge in [0.25, 0.3) is 5.91 Å². The third-order valence-corrected chi connectivity index (χ3v) is 5.20. The largest absolute Gasteiger partial charge is 0.387 e. The molecule has 4 rings (SSSR count). The van der Waals surface area contributed by atoms with Gasteiger partial charge in [0.2, 0.25) is 0 Å². The Bertz CT molecular complexity index is 926. The Morgan fingerprint density at radius 2 is 1.71 bits per heavy atom. The fourth-order valence-corrected chi connectivity index (χ4v) is 3.63. The van der Waals surface area contributed by atoms with E-state index < -0.39 is 6.10 Å². The van der Waals surface area contributed by atoms with Crippen LogP contribution in [0.3, 0.4) is 0 Å². The number of carbonyl (C=O) groups is 1. The zero-order chi connectivity index (χ0) is 19.3. The van der Waals surface area contributed by atoms with Crippen LogP contribution in [-0.2, 0) is 0 Å². The van der Waals surface area contributed by atoms with Crippen molar-refractivity contribution in [1.29, 1.82) is 0 Å². The van der Waals surface area contributed by atoms with Crippen LogP contribution in [0.4, 0.5) is 0 Å². The maximum absolute atomic E-state index is 12.9. The number of hydrogen-bond donors (Lipinski definition) is 1. The first kappa shape index (κ1) is 18.3. The van der Waals surface area contributed by atoms with Crippen LogP contribution in [0.2, 0.25) is 0 Å². The van der Waals surface area contributed by atoms with Crippen molar-refractivity contribution in [2.75, 3.05) is 13.1 Å². The number of pyridine rings is 1. The monoisotopic (exact) mass is 374 g/mol. The molecule has 1 amide bonds. The van der Waals surface area contributed by atoms with Crippen molar-refractivity contribution < 1.29 is 9.90 Å². The standard InChI is InChI=1S/C22H22N4O2/c27-20(19-7-1-2-10-23-19)16-8-13-26(14-9-16)22(28)18-6-3-5-17(15-18)21-24-11-4-12-25-21/h1-7,10-12,15-16,20,27H,8-9,13-14H2. The first-order valence-corrected chi connectivity index (χ1v) is 9.48. The molecule has 1 fully saturated rings. The lowest BCUT2D eigenvalue weighted by atomic mass is 9.89. The first-order chi connectivity index (χ1) is 13.7. The molecule has 0 radical (unpaired) electrons. The Hall–Kier alpha value is -3.12. The summed E-state index contributed by atoms with van der Waals surface area (Å²) in [5.74, 6) is 0.723. The van der Waals surface area contributed by atoms with Crippen molar-refractivity contribution in [1.82, 2.24) is 19.9 Å². The van der Waals surface area contributed by atoms with Gasteiger partial charge in [0.15, 0.2) is 5.82 Å². The summed E-state index contributed by atoms with van der Waals surface area (Å²) in [6.45, 7) is 1.25. The molecule has 0 aliphatic carbocycles. The number of aliphatic hydroxyl groups excluding tert-OH is 1. The molecule has 28 heavy (non-hydrogen) atoms. The molecule has 0 spiro atoms. The highest BCUT2D eigenvalue weighted by atomic mass is 16.3. The van der Waals surface area contributed by atoms with Crippen LogP contribution in [0.15, 0.2) is 67.1 Å². The summed E-state index contributed by atoms with van der Waals surface area (Å²) in [5.41, 5.74) is 2.16. The van der Waals surface area contributed by atoms with Gasteiger partial charge in [0.05, 0.1) is 11.8 Å². The van der Waals surface area contributed by atoms with Crippen molar-refractivity contribution in [3.05, 3.63) is 78.4 Å². The van der Waals surface area contributed by atoms with Crippen LogP contribution in [0, 0.1) is 5.92 Å².